The van der Waals surface area contributed by atoms with E-state index in [4.69, 9.17) is 9.47 Å². The third-order valence-corrected chi connectivity index (χ3v) is 6.71. The zero-order chi connectivity index (χ0) is 21.7. The second-order valence-electron chi connectivity index (χ2n) is 6.99. The molecular formula is C20H25N3O6S. The SMILES string of the molecule is COc1cccc(CNC(=O)COC(=O)c2cc(S(=O)(=O)N3CCCC3)cn2C)c1. The van der Waals surface area contributed by atoms with E-state index < -0.39 is 28.5 Å². The van der Waals surface area contributed by atoms with Crippen molar-refractivity contribution >= 4 is 21.9 Å². The van der Waals surface area contributed by atoms with E-state index in [0.717, 1.165) is 18.4 Å². The van der Waals surface area contributed by atoms with E-state index in [1.807, 2.05) is 12.1 Å². The van der Waals surface area contributed by atoms with Crippen LogP contribution in [0.3, 0.4) is 0 Å². The molecule has 0 spiro atoms. The van der Waals surface area contributed by atoms with E-state index in [-0.39, 0.29) is 17.1 Å². The van der Waals surface area contributed by atoms with E-state index in [1.54, 1.807) is 26.3 Å². The fourth-order valence-corrected chi connectivity index (χ4v) is 4.78. The largest absolute Gasteiger partial charge is 0.497 e. The van der Waals surface area contributed by atoms with Crippen LogP contribution in [0.1, 0.15) is 28.9 Å². The highest BCUT2D eigenvalue weighted by molar-refractivity contribution is 7.89. The number of sulfonamides is 1. The monoisotopic (exact) mass is 435 g/mol. The summed E-state index contributed by atoms with van der Waals surface area (Å²) >= 11 is 0. The number of esters is 1. The maximum absolute atomic E-state index is 12.6. The third kappa shape index (κ3) is 5.00. The number of methoxy groups -OCH3 is 1. The molecule has 0 atom stereocenters. The summed E-state index contributed by atoms with van der Waals surface area (Å²) in [6.07, 6.45) is 3.03. The molecule has 3 rings (SSSR count). The Balaban J connectivity index is 1.55. The molecule has 1 aromatic heterocycles. The highest BCUT2D eigenvalue weighted by atomic mass is 32.2. The lowest BCUT2D eigenvalue weighted by Crippen LogP contribution is -2.28. The molecule has 9 nitrogen and oxygen atoms in total. The molecule has 1 aromatic carbocycles. The molecular weight excluding hydrogens is 410 g/mol. The topological polar surface area (TPSA) is 107 Å². The molecule has 1 fully saturated rings. The van der Waals surface area contributed by atoms with Gasteiger partial charge in [-0.05, 0) is 36.6 Å². The summed E-state index contributed by atoms with van der Waals surface area (Å²) in [5.41, 5.74) is 0.904. The molecule has 0 saturated carbocycles. The van der Waals surface area contributed by atoms with Crippen LogP contribution in [-0.2, 0) is 33.1 Å². The van der Waals surface area contributed by atoms with Gasteiger partial charge in [0.2, 0.25) is 10.0 Å². The first-order chi connectivity index (χ1) is 14.3. The summed E-state index contributed by atoms with van der Waals surface area (Å²) in [4.78, 5) is 24.4. The van der Waals surface area contributed by atoms with Gasteiger partial charge >= 0.3 is 5.97 Å². The Labute approximate surface area is 175 Å². The highest BCUT2D eigenvalue weighted by Crippen LogP contribution is 2.22. The van der Waals surface area contributed by atoms with Gasteiger partial charge in [0.05, 0.1) is 7.11 Å². The van der Waals surface area contributed by atoms with Gasteiger partial charge in [0, 0.05) is 32.9 Å². The predicted octanol–water partition coefficient (Wildman–Crippen LogP) is 1.29. The number of ether oxygens (including phenoxy) is 2. The molecule has 0 radical (unpaired) electrons. The molecule has 0 bridgehead atoms. The lowest BCUT2D eigenvalue weighted by molar-refractivity contribution is -0.124. The fourth-order valence-electron chi connectivity index (χ4n) is 3.19. The van der Waals surface area contributed by atoms with Crippen LogP contribution in [-0.4, -0.2) is 56.0 Å². The van der Waals surface area contributed by atoms with Crippen LogP contribution < -0.4 is 10.1 Å². The summed E-state index contributed by atoms with van der Waals surface area (Å²) in [6.45, 7) is 0.743. The summed E-state index contributed by atoms with van der Waals surface area (Å²) in [5.74, 6) is -0.557. The number of nitrogens with zero attached hydrogens (tertiary/aromatic N) is 2. The maximum atomic E-state index is 12.6. The Morgan fingerprint density at radius 1 is 1.17 bits per heavy atom. The van der Waals surface area contributed by atoms with Crippen LogP contribution in [0.2, 0.25) is 0 Å². The van der Waals surface area contributed by atoms with E-state index in [1.165, 1.54) is 21.1 Å². The summed E-state index contributed by atoms with van der Waals surface area (Å²) in [7, 11) is -0.519. The fraction of sp³-hybridized carbons (Fsp3) is 0.400. The van der Waals surface area contributed by atoms with Crippen molar-refractivity contribution in [1.82, 2.24) is 14.2 Å². The summed E-state index contributed by atoms with van der Waals surface area (Å²) in [5, 5.41) is 2.66. The Hall–Kier alpha value is -2.85. The molecule has 2 heterocycles. The number of carbonyl (C=O) groups is 2. The number of aromatic nitrogens is 1. The van der Waals surface area contributed by atoms with Crippen LogP contribution in [0.15, 0.2) is 41.4 Å². The van der Waals surface area contributed by atoms with Crippen LogP contribution in [0.5, 0.6) is 5.75 Å². The van der Waals surface area contributed by atoms with Gasteiger partial charge in [0.15, 0.2) is 6.61 Å². The second kappa shape index (κ2) is 9.31. The summed E-state index contributed by atoms with van der Waals surface area (Å²) in [6, 6.07) is 8.51. The zero-order valence-electron chi connectivity index (χ0n) is 17.0. The Morgan fingerprint density at radius 3 is 2.60 bits per heavy atom. The molecule has 30 heavy (non-hydrogen) atoms. The molecule has 1 amide bonds. The average molecular weight is 436 g/mol. The number of benzene rings is 1. The minimum Gasteiger partial charge on any atom is -0.497 e. The maximum Gasteiger partial charge on any atom is 0.355 e. The molecule has 10 heteroatoms. The number of rotatable bonds is 8. The smallest absolute Gasteiger partial charge is 0.355 e. The third-order valence-electron chi connectivity index (χ3n) is 4.85. The van der Waals surface area contributed by atoms with Gasteiger partial charge < -0.3 is 19.4 Å². The molecule has 2 aromatic rings. The normalized spacial score (nSPS) is 14.5. The number of hydrogen-bond acceptors (Lipinski definition) is 6. The van der Waals surface area contributed by atoms with Crippen LogP contribution in [0.25, 0.3) is 0 Å². The zero-order valence-corrected chi connectivity index (χ0v) is 17.8. The van der Waals surface area contributed by atoms with E-state index in [0.29, 0.717) is 18.8 Å². The van der Waals surface area contributed by atoms with E-state index in [9.17, 15) is 18.0 Å². The lowest BCUT2D eigenvalue weighted by Gasteiger charge is -2.13. The molecule has 1 aliphatic rings. The minimum absolute atomic E-state index is 0.0429. The van der Waals surface area contributed by atoms with Crippen molar-refractivity contribution in [2.45, 2.75) is 24.3 Å². The van der Waals surface area contributed by atoms with E-state index >= 15 is 0 Å². The van der Waals surface area contributed by atoms with Crippen LogP contribution in [0.4, 0.5) is 0 Å². The van der Waals surface area contributed by atoms with Gasteiger partial charge in [-0.15, -0.1) is 0 Å². The molecule has 0 aliphatic carbocycles. The number of amides is 1. The van der Waals surface area contributed by atoms with Crippen molar-refractivity contribution in [2.75, 3.05) is 26.8 Å². The van der Waals surface area contributed by atoms with E-state index in [2.05, 4.69) is 5.32 Å². The van der Waals surface area contributed by atoms with Gasteiger partial charge in [-0.25, -0.2) is 13.2 Å². The Bertz CT molecular complexity index is 1020. The van der Waals surface area contributed by atoms with Crippen LogP contribution >= 0.6 is 0 Å². The second-order valence-corrected chi connectivity index (χ2v) is 8.93. The van der Waals surface area contributed by atoms with Gasteiger partial charge in [-0.3, -0.25) is 4.79 Å². The van der Waals surface area contributed by atoms with Crippen molar-refractivity contribution in [2.24, 2.45) is 7.05 Å². The molecule has 1 saturated heterocycles. The van der Waals surface area contributed by atoms with Gasteiger partial charge in [-0.1, -0.05) is 12.1 Å². The number of carbonyl (C=O) groups excluding carboxylic acids is 2. The Morgan fingerprint density at radius 2 is 1.90 bits per heavy atom. The minimum atomic E-state index is -3.63. The van der Waals surface area contributed by atoms with Crippen molar-refractivity contribution in [1.29, 1.82) is 0 Å². The number of aryl methyl sites for hydroxylation is 1. The average Bonchev–Trinajstić information content (AvgIpc) is 3.41. The number of hydrogen-bond donors (Lipinski definition) is 1. The van der Waals surface area contributed by atoms with Gasteiger partial charge in [0.25, 0.3) is 5.91 Å². The van der Waals surface area contributed by atoms with Crippen molar-refractivity contribution in [3.63, 3.8) is 0 Å². The van der Waals surface area contributed by atoms with Gasteiger partial charge in [-0.2, -0.15) is 4.31 Å². The lowest BCUT2D eigenvalue weighted by atomic mass is 10.2. The molecule has 1 N–H and O–H groups in total. The van der Waals surface area contributed by atoms with Crippen molar-refractivity contribution in [3.8, 4) is 5.75 Å². The van der Waals surface area contributed by atoms with Crippen molar-refractivity contribution < 1.29 is 27.5 Å². The first-order valence-corrected chi connectivity index (χ1v) is 11.0. The molecule has 1 aliphatic heterocycles. The Kier molecular flexibility index (Phi) is 6.78. The molecule has 162 valence electrons. The predicted molar refractivity (Wildman–Crippen MR) is 109 cm³/mol. The first kappa shape index (κ1) is 21.8. The first-order valence-electron chi connectivity index (χ1n) is 9.54. The quantitative estimate of drug-likeness (QED) is 0.626. The molecule has 0 unspecified atom stereocenters. The van der Waals surface area contributed by atoms with Crippen LogP contribution in [0, 0.1) is 0 Å². The van der Waals surface area contributed by atoms with Gasteiger partial charge in [0.1, 0.15) is 16.3 Å². The highest BCUT2D eigenvalue weighted by Gasteiger charge is 2.29. The number of nitrogens with one attached hydrogen (secondary N) is 1. The summed E-state index contributed by atoms with van der Waals surface area (Å²) < 4.78 is 38.3. The van der Waals surface area contributed by atoms with Crippen molar-refractivity contribution in [3.05, 3.63) is 47.8 Å². The standard InChI is InChI=1S/C20H25N3O6S/c1-22-13-17(30(26,27)23-8-3-4-9-23)11-18(22)20(25)29-14-19(24)21-12-15-6-5-7-16(10-15)28-2/h5-7,10-11,13H,3-4,8-9,12,14H2,1-2H3,(H,21,24).